The number of aryl methyl sites for hydroxylation is 2. The van der Waals surface area contributed by atoms with Crippen LogP contribution in [0.15, 0.2) is 53.1 Å². The van der Waals surface area contributed by atoms with Crippen LogP contribution < -0.4 is 5.32 Å². The summed E-state index contributed by atoms with van der Waals surface area (Å²) in [4.78, 5) is 23.9. The molecular weight excluding hydrogens is 330 g/mol. The molecule has 0 saturated heterocycles. The van der Waals surface area contributed by atoms with Gasteiger partial charge in [0.2, 0.25) is 5.91 Å². The molecule has 5 heteroatoms. The molecule has 5 nitrogen and oxygen atoms in total. The van der Waals surface area contributed by atoms with Gasteiger partial charge in [0.25, 0.3) is 0 Å². The number of carbonyl (C=O) groups is 2. The maximum absolute atomic E-state index is 12.4. The number of carbonyl (C=O) groups excluding carboxylic acids is 1. The lowest BCUT2D eigenvalue weighted by atomic mass is 10.0. The highest BCUT2D eigenvalue weighted by Gasteiger charge is 2.21. The third-order valence-electron chi connectivity index (χ3n) is 4.54. The SMILES string of the molecule is Cc1cc2occ(CC(=O)NC(Cc3ccccc3)C(=O)O)c2cc1C. The number of amides is 1. The van der Waals surface area contributed by atoms with Gasteiger partial charge in [0.15, 0.2) is 0 Å². The molecule has 1 atom stereocenters. The van der Waals surface area contributed by atoms with Crippen LogP contribution in [0.2, 0.25) is 0 Å². The Hall–Kier alpha value is -3.08. The van der Waals surface area contributed by atoms with Crippen molar-refractivity contribution < 1.29 is 19.1 Å². The van der Waals surface area contributed by atoms with E-state index in [0.29, 0.717) is 0 Å². The molecule has 0 radical (unpaired) electrons. The Morgan fingerprint density at radius 3 is 2.50 bits per heavy atom. The average Bonchev–Trinajstić information content (AvgIpc) is 2.97. The molecule has 2 aromatic carbocycles. The van der Waals surface area contributed by atoms with Gasteiger partial charge in [0.05, 0.1) is 12.7 Å². The number of aliphatic carboxylic acids is 1. The van der Waals surface area contributed by atoms with Crippen LogP contribution in [0, 0.1) is 13.8 Å². The van der Waals surface area contributed by atoms with Crippen LogP contribution in [0.3, 0.4) is 0 Å². The van der Waals surface area contributed by atoms with Crippen LogP contribution in [0.5, 0.6) is 0 Å². The number of fused-ring (bicyclic) bond motifs is 1. The largest absolute Gasteiger partial charge is 0.480 e. The average molecular weight is 351 g/mol. The highest BCUT2D eigenvalue weighted by molar-refractivity contribution is 5.90. The maximum Gasteiger partial charge on any atom is 0.326 e. The van der Waals surface area contributed by atoms with Gasteiger partial charge in [0, 0.05) is 17.4 Å². The van der Waals surface area contributed by atoms with Crippen molar-refractivity contribution in [2.45, 2.75) is 32.7 Å². The van der Waals surface area contributed by atoms with Crippen molar-refractivity contribution in [2.24, 2.45) is 0 Å². The molecule has 0 aliphatic carbocycles. The Bertz CT molecular complexity index is 943. The van der Waals surface area contributed by atoms with Gasteiger partial charge in [-0.25, -0.2) is 4.79 Å². The second-order valence-electron chi connectivity index (χ2n) is 6.52. The number of nitrogens with one attached hydrogen (secondary N) is 1. The first kappa shape index (κ1) is 17.7. The molecule has 2 N–H and O–H groups in total. The van der Waals surface area contributed by atoms with Crippen LogP contribution in [-0.2, 0) is 22.4 Å². The predicted octanol–water partition coefficient (Wildman–Crippen LogP) is 3.40. The first-order valence-electron chi connectivity index (χ1n) is 8.47. The Morgan fingerprint density at radius 2 is 1.81 bits per heavy atom. The molecule has 1 amide bonds. The van der Waals surface area contributed by atoms with Gasteiger partial charge in [-0.3, -0.25) is 4.79 Å². The summed E-state index contributed by atoms with van der Waals surface area (Å²) < 4.78 is 5.54. The minimum absolute atomic E-state index is 0.0775. The fourth-order valence-electron chi connectivity index (χ4n) is 2.94. The van der Waals surface area contributed by atoms with Crippen molar-refractivity contribution in [1.82, 2.24) is 5.32 Å². The van der Waals surface area contributed by atoms with Gasteiger partial charge in [-0.1, -0.05) is 30.3 Å². The molecule has 1 heterocycles. The smallest absolute Gasteiger partial charge is 0.326 e. The van der Waals surface area contributed by atoms with E-state index in [1.165, 1.54) is 0 Å². The summed E-state index contributed by atoms with van der Waals surface area (Å²) in [6.07, 6.45) is 1.89. The second kappa shape index (κ2) is 7.44. The normalized spacial score (nSPS) is 12.1. The van der Waals surface area contributed by atoms with Crippen molar-refractivity contribution in [1.29, 1.82) is 0 Å². The molecule has 0 spiro atoms. The topological polar surface area (TPSA) is 79.5 Å². The molecule has 0 saturated carbocycles. The Kier molecular flexibility index (Phi) is 5.07. The standard InChI is InChI=1S/C21H21NO4/c1-13-8-17-16(12-26-19(17)9-14(13)2)11-20(23)22-18(21(24)25)10-15-6-4-3-5-7-15/h3-9,12,18H,10-11H2,1-2H3,(H,22,23)(H,24,25). The van der Waals surface area contributed by atoms with E-state index in [-0.39, 0.29) is 18.7 Å². The summed E-state index contributed by atoms with van der Waals surface area (Å²) in [6.45, 7) is 4.01. The van der Waals surface area contributed by atoms with E-state index in [1.807, 2.05) is 56.3 Å². The Morgan fingerprint density at radius 1 is 1.12 bits per heavy atom. The molecule has 0 aliphatic rings. The Labute approximate surface area is 151 Å². The first-order chi connectivity index (χ1) is 12.4. The number of carboxylic acids is 1. The van der Waals surface area contributed by atoms with Crippen molar-refractivity contribution in [2.75, 3.05) is 0 Å². The zero-order valence-corrected chi connectivity index (χ0v) is 14.8. The molecule has 134 valence electrons. The number of hydrogen-bond donors (Lipinski definition) is 2. The molecular formula is C21H21NO4. The summed E-state index contributed by atoms with van der Waals surface area (Å²) >= 11 is 0. The second-order valence-corrected chi connectivity index (χ2v) is 6.52. The van der Waals surface area contributed by atoms with E-state index in [9.17, 15) is 14.7 Å². The number of rotatable bonds is 6. The third-order valence-corrected chi connectivity index (χ3v) is 4.54. The minimum Gasteiger partial charge on any atom is -0.480 e. The Balaban J connectivity index is 1.73. The molecule has 1 aromatic heterocycles. The van der Waals surface area contributed by atoms with Crippen molar-refractivity contribution in [3.05, 3.63) is 71.0 Å². The summed E-state index contributed by atoms with van der Waals surface area (Å²) in [7, 11) is 0. The van der Waals surface area contributed by atoms with Crippen LogP contribution in [0.1, 0.15) is 22.3 Å². The van der Waals surface area contributed by atoms with Gasteiger partial charge in [-0.2, -0.15) is 0 Å². The van der Waals surface area contributed by atoms with E-state index in [2.05, 4.69) is 5.32 Å². The van der Waals surface area contributed by atoms with Crippen LogP contribution in [-0.4, -0.2) is 23.0 Å². The molecule has 1 unspecified atom stereocenters. The number of hydrogen-bond acceptors (Lipinski definition) is 3. The summed E-state index contributed by atoms with van der Waals surface area (Å²) in [5, 5.41) is 12.9. The summed E-state index contributed by atoms with van der Waals surface area (Å²) in [5.74, 6) is -1.39. The zero-order valence-electron chi connectivity index (χ0n) is 14.8. The zero-order chi connectivity index (χ0) is 18.7. The summed E-state index contributed by atoms with van der Waals surface area (Å²) in [5.41, 5.74) is 4.59. The van der Waals surface area contributed by atoms with Gasteiger partial charge in [-0.05, 0) is 42.7 Å². The van der Waals surface area contributed by atoms with Gasteiger partial charge < -0.3 is 14.8 Å². The van der Waals surface area contributed by atoms with E-state index < -0.39 is 12.0 Å². The molecule has 3 rings (SSSR count). The monoisotopic (exact) mass is 351 g/mol. The van der Waals surface area contributed by atoms with Crippen molar-refractivity contribution in [3.8, 4) is 0 Å². The van der Waals surface area contributed by atoms with Crippen molar-refractivity contribution in [3.63, 3.8) is 0 Å². The molecule has 0 bridgehead atoms. The molecule has 3 aromatic rings. The van der Waals surface area contributed by atoms with Crippen LogP contribution in [0.25, 0.3) is 11.0 Å². The molecule has 26 heavy (non-hydrogen) atoms. The molecule has 0 aliphatic heterocycles. The van der Waals surface area contributed by atoms with E-state index in [1.54, 1.807) is 6.26 Å². The lowest BCUT2D eigenvalue weighted by molar-refractivity contribution is -0.141. The van der Waals surface area contributed by atoms with E-state index in [4.69, 9.17) is 4.42 Å². The van der Waals surface area contributed by atoms with Crippen LogP contribution >= 0.6 is 0 Å². The maximum atomic E-state index is 12.4. The quantitative estimate of drug-likeness (QED) is 0.713. The van der Waals surface area contributed by atoms with Gasteiger partial charge in [0.1, 0.15) is 11.6 Å². The highest BCUT2D eigenvalue weighted by atomic mass is 16.4. The van der Waals surface area contributed by atoms with E-state index in [0.717, 1.165) is 33.2 Å². The molecule has 0 fully saturated rings. The fourth-order valence-corrected chi connectivity index (χ4v) is 2.94. The number of benzene rings is 2. The number of furan rings is 1. The summed E-state index contributed by atoms with van der Waals surface area (Å²) in [6, 6.07) is 12.2. The van der Waals surface area contributed by atoms with Crippen molar-refractivity contribution >= 4 is 22.8 Å². The lowest BCUT2D eigenvalue weighted by Crippen LogP contribution is -2.43. The predicted molar refractivity (Wildman–Crippen MR) is 99.1 cm³/mol. The fraction of sp³-hybridized carbons (Fsp3) is 0.238. The third kappa shape index (κ3) is 3.94. The van der Waals surface area contributed by atoms with Crippen LogP contribution in [0.4, 0.5) is 0 Å². The number of carboxylic acid groups (broad SMARTS) is 1. The minimum atomic E-state index is -1.05. The van der Waals surface area contributed by atoms with Gasteiger partial charge in [-0.15, -0.1) is 0 Å². The highest BCUT2D eigenvalue weighted by Crippen LogP contribution is 2.25. The first-order valence-corrected chi connectivity index (χ1v) is 8.47. The van der Waals surface area contributed by atoms with Gasteiger partial charge >= 0.3 is 5.97 Å². The van der Waals surface area contributed by atoms with E-state index >= 15 is 0 Å². The lowest BCUT2D eigenvalue weighted by Gasteiger charge is -2.14.